The van der Waals surface area contributed by atoms with Crippen LogP contribution in [0, 0.1) is 0 Å². The summed E-state index contributed by atoms with van der Waals surface area (Å²) in [5.41, 5.74) is 0.919. The van der Waals surface area contributed by atoms with Gasteiger partial charge in [-0.15, -0.1) is 11.3 Å². The lowest BCUT2D eigenvalue weighted by Crippen LogP contribution is -2.14. The maximum atomic E-state index is 12.5. The van der Waals surface area contributed by atoms with E-state index < -0.39 is 15.9 Å². The van der Waals surface area contributed by atoms with Crippen molar-refractivity contribution in [2.45, 2.75) is 4.21 Å². The van der Waals surface area contributed by atoms with Crippen LogP contribution in [0.2, 0.25) is 5.02 Å². The predicted molar refractivity (Wildman–Crippen MR) is 101 cm³/mol. The van der Waals surface area contributed by atoms with Crippen LogP contribution in [0.15, 0.2) is 58.1 Å². The molecule has 1 aliphatic heterocycles. The highest BCUT2D eigenvalue weighted by atomic mass is 35.5. The average Bonchev–Trinajstić information content (AvgIpc) is 3.09. The molecule has 0 fully saturated rings. The fourth-order valence-electron chi connectivity index (χ4n) is 2.48. The van der Waals surface area contributed by atoms with Gasteiger partial charge in [-0.2, -0.15) is 0 Å². The van der Waals surface area contributed by atoms with Crippen LogP contribution in [0.3, 0.4) is 0 Å². The van der Waals surface area contributed by atoms with Gasteiger partial charge >= 0.3 is 0 Å². The number of fused-ring (bicyclic) bond motifs is 2. The number of hydrogen-bond acceptors (Lipinski definition) is 5. The minimum absolute atomic E-state index is 0.190. The Morgan fingerprint density at radius 1 is 1.08 bits per heavy atom. The molecule has 0 saturated heterocycles. The van der Waals surface area contributed by atoms with Gasteiger partial charge in [-0.3, -0.25) is 9.52 Å². The molecule has 0 atom stereocenters. The Hall–Kier alpha value is -2.55. The van der Waals surface area contributed by atoms with E-state index in [-0.39, 0.29) is 15.5 Å². The normalized spacial score (nSPS) is 13.0. The number of carbonyl (C=O) groups is 1. The molecule has 2 aromatic carbocycles. The number of thiophene rings is 1. The minimum Gasteiger partial charge on any atom is -0.454 e. The van der Waals surface area contributed by atoms with Gasteiger partial charge in [-0.05, 0) is 47.8 Å². The molecule has 9 heteroatoms. The fraction of sp³-hybridized carbons (Fsp3) is 0. The number of hydrogen-bond donors (Lipinski definition) is 2. The van der Waals surface area contributed by atoms with Gasteiger partial charge in [0, 0.05) is 10.7 Å². The molecule has 1 aliphatic rings. The number of benzene rings is 2. The zero-order chi connectivity index (χ0) is 18.3. The Labute approximate surface area is 158 Å². The first-order valence-electron chi connectivity index (χ1n) is 7.41. The molecular weight excluding hydrogens is 396 g/mol. The van der Waals surface area contributed by atoms with E-state index in [0.29, 0.717) is 22.2 Å². The van der Waals surface area contributed by atoms with Crippen molar-refractivity contribution in [1.29, 1.82) is 0 Å². The lowest BCUT2D eigenvalue weighted by atomic mass is 10.1. The summed E-state index contributed by atoms with van der Waals surface area (Å²) in [5.74, 6) is 0.356. The highest BCUT2D eigenvalue weighted by molar-refractivity contribution is 7.94. The van der Waals surface area contributed by atoms with Crippen molar-refractivity contribution in [2.24, 2.45) is 0 Å². The zero-order valence-corrected chi connectivity index (χ0v) is 15.4. The van der Waals surface area contributed by atoms with E-state index in [2.05, 4.69) is 10.0 Å². The molecule has 6 nitrogen and oxygen atoms in total. The molecule has 1 aromatic heterocycles. The summed E-state index contributed by atoms with van der Waals surface area (Å²) in [6, 6.07) is 12.6. The van der Waals surface area contributed by atoms with Crippen LogP contribution < -0.4 is 14.8 Å². The van der Waals surface area contributed by atoms with Gasteiger partial charge in [0.1, 0.15) is 9.96 Å². The van der Waals surface area contributed by atoms with E-state index >= 15 is 0 Å². The van der Waals surface area contributed by atoms with Crippen molar-refractivity contribution in [1.82, 2.24) is 0 Å². The van der Waals surface area contributed by atoms with Crippen molar-refractivity contribution in [3.63, 3.8) is 0 Å². The van der Waals surface area contributed by atoms with Gasteiger partial charge in [0.15, 0.2) is 5.75 Å². The standard InChI is InChI=1S/C17H11ClN2O4S2/c18-10-3-5-15-13(8-10)19-17(21)12-9-11(4-6-14(12)24-15)20-26(22,23)16-2-1-7-25-16/h1-9,20H,(H,19,21). The Morgan fingerprint density at radius 2 is 1.88 bits per heavy atom. The lowest BCUT2D eigenvalue weighted by molar-refractivity contribution is 0.102. The highest BCUT2D eigenvalue weighted by Gasteiger charge is 2.23. The number of sulfonamides is 1. The number of halogens is 1. The van der Waals surface area contributed by atoms with Gasteiger partial charge in [0.25, 0.3) is 15.9 Å². The SMILES string of the molecule is O=C1Nc2cc(Cl)ccc2Oc2ccc(NS(=O)(=O)c3cccs3)cc21. The lowest BCUT2D eigenvalue weighted by Gasteiger charge is -2.10. The molecule has 3 aromatic rings. The van der Waals surface area contributed by atoms with E-state index in [9.17, 15) is 13.2 Å². The maximum absolute atomic E-state index is 12.5. The Bertz CT molecular complexity index is 1110. The minimum atomic E-state index is -3.70. The van der Waals surface area contributed by atoms with Crippen LogP contribution in [-0.4, -0.2) is 14.3 Å². The number of ether oxygens (including phenoxy) is 1. The van der Waals surface area contributed by atoms with Gasteiger partial charge in [0.05, 0.1) is 11.3 Å². The predicted octanol–water partition coefficient (Wildman–Crippen LogP) is 4.56. The van der Waals surface area contributed by atoms with Crippen molar-refractivity contribution < 1.29 is 17.9 Å². The summed E-state index contributed by atoms with van der Waals surface area (Å²) < 4.78 is 33.1. The second kappa shape index (κ2) is 6.31. The summed E-state index contributed by atoms with van der Waals surface area (Å²) in [5, 5.41) is 4.85. The van der Waals surface area contributed by atoms with Crippen molar-refractivity contribution >= 4 is 50.2 Å². The molecule has 1 amide bonds. The first-order valence-corrected chi connectivity index (χ1v) is 10.2. The van der Waals surface area contributed by atoms with E-state index in [0.717, 1.165) is 11.3 Å². The molecule has 0 spiro atoms. The third-order valence-corrected chi connectivity index (χ3v) is 6.66. The quantitative estimate of drug-likeness (QED) is 0.667. The van der Waals surface area contributed by atoms with Crippen molar-refractivity contribution in [3.8, 4) is 11.5 Å². The summed E-state index contributed by atoms with van der Waals surface area (Å²) in [4.78, 5) is 12.5. The monoisotopic (exact) mass is 406 g/mol. The largest absolute Gasteiger partial charge is 0.454 e. The molecule has 2 heterocycles. The van der Waals surface area contributed by atoms with E-state index in [4.69, 9.17) is 16.3 Å². The number of amides is 1. The molecule has 0 radical (unpaired) electrons. The van der Waals surface area contributed by atoms with Crippen LogP contribution >= 0.6 is 22.9 Å². The van der Waals surface area contributed by atoms with Crippen molar-refractivity contribution in [3.05, 3.63) is 64.5 Å². The molecular formula is C17H11ClN2O4S2. The molecule has 0 bridgehead atoms. The van der Waals surface area contributed by atoms with Crippen LogP contribution in [-0.2, 0) is 10.0 Å². The average molecular weight is 407 g/mol. The Morgan fingerprint density at radius 3 is 2.65 bits per heavy atom. The van der Waals surface area contributed by atoms with Crippen LogP contribution in [0.4, 0.5) is 11.4 Å². The summed E-state index contributed by atoms with van der Waals surface area (Å²) in [6.07, 6.45) is 0. The first-order chi connectivity index (χ1) is 12.4. The second-order valence-electron chi connectivity index (χ2n) is 5.45. The Kier molecular flexibility index (Phi) is 4.10. The van der Waals surface area contributed by atoms with E-state index in [1.54, 1.807) is 35.7 Å². The molecule has 26 heavy (non-hydrogen) atoms. The molecule has 0 saturated carbocycles. The fourth-order valence-corrected chi connectivity index (χ4v) is 4.69. The van der Waals surface area contributed by atoms with Gasteiger partial charge in [0.2, 0.25) is 0 Å². The number of nitrogens with one attached hydrogen (secondary N) is 2. The van der Waals surface area contributed by atoms with Crippen LogP contribution in [0.5, 0.6) is 11.5 Å². The molecule has 2 N–H and O–H groups in total. The van der Waals surface area contributed by atoms with Gasteiger partial charge in [-0.1, -0.05) is 17.7 Å². The third kappa shape index (κ3) is 3.14. The maximum Gasteiger partial charge on any atom is 0.271 e. The highest BCUT2D eigenvalue weighted by Crippen LogP contribution is 2.38. The van der Waals surface area contributed by atoms with Gasteiger partial charge < -0.3 is 10.1 Å². The molecule has 0 aliphatic carbocycles. The smallest absolute Gasteiger partial charge is 0.271 e. The topological polar surface area (TPSA) is 84.5 Å². The van der Waals surface area contributed by atoms with Crippen molar-refractivity contribution in [2.75, 3.05) is 10.0 Å². The third-order valence-electron chi connectivity index (χ3n) is 3.65. The molecule has 4 rings (SSSR count). The number of anilines is 2. The van der Waals surface area contributed by atoms with Crippen LogP contribution in [0.25, 0.3) is 0 Å². The van der Waals surface area contributed by atoms with Crippen LogP contribution in [0.1, 0.15) is 10.4 Å². The van der Waals surface area contributed by atoms with Gasteiger partial charge in [-0.25, -0.2) is 8.42 Å². The zero-order valence-electron chi connectivity index (χ0n) is 13.0. The molecule has 132 valence electrons. The molecule has 0 unspecified atom stereocenters. The van der Waals surface area contributed by atoms with E-state index in [1.165, 1.54) is 18.2 Å². The number of rotatable bonds is 3. The summed E-state index contributed by atoms with van der Waals surface area (Å²) in [7, 11) is -3.70. The first kappa shape index (κ1) is 16.9. The van der Waals surface area contributed by atoms with E-state index in [1.807, 2.05) is 0 Å². The second-order valence-corrected chi connectivity index (χ2v) is 8.74. The summed E-state index contributed by atoms with van der Waals surface area (Å²) >= 11 is 7.06. The summed E-state index contributed by atoms with van der Waals surface area (Å²) in [6.45, 7) is 0. The number of carbonyl (C=O) groups excluding carboxylic acids is 1. The Balaban J connectivity index is 1.69.